The number of carbonyl (C=O) groups is 2. The van der Waals surface area contributed by atoms with Crippen molar-refractivity contribution in [3.8, 4) is 0 Å². The Bertz CT molecular complexity index is 838. The van der Waals surface area contributed by atoms with Gasteiger partial charge < -0.3 is 11.1 Å². The first-order valence-electron chi connectivity index (χ1n) is 9.17. The molecular formula is C21H26N2O2S2. The van der Waals surface area contributed by atoms with Crippen LogP contribution in [0, 0.1) is 11.3 Å². The van der Waals surface area contributed by atoms with Crippen LogP contribution in [0.3, 0.4) is 0 Å². The van der Waals surface area contributed by atoms with Gasteiger partial charge in [0, 0.05) is 9.77 Å². The lowest BCUT2D eigenvalue weighted by Crippen LogP contribution is -2.27. The fourth-order valence-corrected chi connectivity index (χ4v) is 5.57. The van der Waals surface area contributed by atoms with Crippen LogP contribution in [0.4, 0.5) is 5.00 Å². The van der Waals surface area contributed by atoms with Crippen molar-refractivity contribution in [3.05, 3.63) is 46.3 Å². The van der Waals surface area contributed by atoms with Crippen LogP contribution in [-0.2, 0) is 17.6 Å². The molecule has 27 heavy (non-hydrogen) atoms. The summed E-state index contributed by atoms with van der Waals surface area (Å²) in [5.74, 6) is 0.307. The third-order valence-corrected chi connectivity index (χ3v) is 7.28. The molecule has 0 fully saturated rings. The first-order valence-corrected chi connectivity index (χ1v) is 11.0. The summed E-state index contributed by atoms with van der Waals surface area (Å²) in [4.78, 5) is 26.7. The van der Waals surface area contributed by atoms with E-state index in [4.69, 9.17) is 5.73 Å². The van der Waals surface area contributed by atoms with Crippen LogP contribution in [0.25, 0.3) is 0 Å². The molecule has 144 valence electrons. The molecule has 0 saturated carbocycles. The first kappa shape index (κ1) is 20.0. The van der Waals surface area contributed by atoms with E-state index in [1.165, 1.54) is 28.0 Å². The van der Waals surface area contributed by atoms with Gasteiger partial charge in [-0.3, -0.25) is 9.59 Å². The average Bonchev–Trinajstić information content (AvgIpc) is 2.97. The van der Waals surface area contributed by atoms with Crippen molar-refractivity contribution in [3.63, 3.8) is 0 Å². The number of anilines is 1. The zero-order chi connectivity index (χ0) is 19.6. The molecule has 1 aromatic carbocycles. The molecule has 1 aliphatic carbocycles. The van der Waals surface area contributed by atoms with Crippen LogP contribution in [-0.4, -0.2) is 17.6 Å². The fraction of sp³-hybridized carbons (Fsp3) is 0.429. The number of hydrogen-bond acceptors (Lipinski definition) is 4. The Hall–Kier alpha value is -1.79. The number of rotatable bonds is 5. The highest BCUT2D eigenvalue weighted by molar-refractivity contribution is 8.00. The first-order chi connectivity index (χ1) is 12.8. The van der Waals surface area contributed by atoms with Crippen LogP contribution < -0.4 is 11.1 Å². The minimum absolute atomic E-state index is 0.114. The molecule has 0 spiro atoms. The number of primary amides is 1. The summed E-state index contributed by atoms with van der Waals surface area (Å²) in [5, 5.41) is 3.54. The van der Waals surface area contributed by atoms with E-state index in [2.05, 4.69) is 26.1 Å². The van der Waals surface area contributed by atoms with Crippen LogP contribution >= 0.6 is 23.1 Å². The van der Waals surface area contributed by atoms with Crippen LogP contribution in [0.5, 0.6) is 0 Å². The summed E-state index contributed by atoms with van der Waals surface area (Å²) in [7, 11) is 0. The zero-order valence-corrected chi connectivity index (χ0v) is 17.6. The van der Waals surface area contributed by atoms with E-state index in [1.54, 1.807) is 0 Å². The SMILES string of the molecule is CC(C)(C)C1CCc2c(sc(NC(=O)CSc3ccccc3)c2C(N)=O)C1. The molecule has 2 aromatic rings. The molecule has 1 atom stereocenters. The maximum Gasteiger partial charge on any atom is 0.251 e. The molecule has 4 nitrogen and oxygen atoms in total. The van der Waals surface area contributed by atoms with Gasteiger partial charge in [-0.25, -0.2) is 0 Å². The summed E-state index contributed by atoms with van der Waals surface area (Å²) in [5.41, 5.74) is 7.44. The van der Waals surface area contributed by atoms with Crippen molar-refractivity contribution in [2.24, 2.45) is 17.1 Å². The summed E-state index contributed by atoms with van der Waals surface area (Å²) >= 11 is 3.00. The standard InChI is InChI=1S/C21H26N2O2S2/c1-21(2,3)13-9-10-15-16(11-13)27-20(18(15)19(22)25)23-17(24)12-26-14-7-5-4-6-8-14/h4-8,13H,9-12H2,1-3H3,(H2,22,25)(H,23,24). The van der Waals surface area contributed by atoms with E-state index in [1.807, 2.05) is 30.3 Å². The van der Waals surface area contributed by atoms with Crippen LogP contribution in [0.2, 0.25) is 0 Å². The maximum atomic E-state index is 12.4. The van der Waals surface area contributed by atoms with Gasteiger partial charge in [0.1, 0.15) is 5.00 Å². The summed E-state index contributed by atoms with van der Waals surface area (Å²) < 4.78 is 0. The highest BCUT2D eigenvalue weighted by Crippen LogP contribution is 2.44. The Morgan fingerprint density at radius 1 is 1.26 bits per heavy atom. The normalized spacial score (nSPS) is 16.6. The van der Waals surface area contributed by atoms with E-state index in [9.17, 15) is 9.59 Å². The molecule has 0 aliphatic heterocycles. The fourth-order valence-electron chi connectivity index (χ4n) is 3.50. The Morgan fingerprint density at radius 2 is 1.96 bits per heavy atom. The molecule has 1 heterocycles. The second-order valence-corrected chi connectivity index (χ2v) is 10.2. The minimum atomic E-state index is -0.451. The lowest BCUT2D eigenvalue weighted by atomic mass is 9.72. The molecule has 6 heteroatoms. The quantitative estimate of drug-likeness (QED) is 0.710. The molecule has 1 unspecified atom stereocenters. The number of nitrogens with two attached hydrogens (primary N) is 1. The summed E-state index contributed by atoms with van der Waals surface area (Å²) in [6, 6.07) is 9.80. The molecule has 1 aromatic heterocycles. The Morgan fingerprint density at radius 3 is 2.59 bits per heavy atom. The number of hydrogen-bond donors (Lipinski definition) is 2. The third kappa shape index (κ3) is 4.74. The molecule has 3 N–H and O–H groups in total. The number of carbonyl (C=O) groups excluding carboxylic acids is 2. The molecular weight excluding hydrogens is 376 g/mol. The molecule has 3 rings (SSSR count). The van der Waals surface area contributed by atoms with E-state index >= 15 is 0 Å². The van der Waals surface area contributed by atoms with Gasteiger partial charge in [-0.1, -0.05) is 39.0 Å². The van der Waals surface area contributed by atoms with E-state index in [0.717, 1.165) is 29.7 Å². The highest BCUT2D eigenvalue weighted by Gasteiger charge is 2.33. The number of benzene rings is 1. The molecule has 1 aliphatic rings. The van der Waals surface area contributed by atoms with Crippen molar-refractivity contribution in [1.82, 2.24) is 0 Å². The zero-order valence-electron chi connectivity index (χ0n) is 16.0. The van der Waals surface area contributed by atoms with Gasteiger partial charge in [-0.15, -0.1) is 23.1 Å². The third-order valence-electron chi connectivity index (χ3n) is 5.10. The van der Waals surface area contributed by atoms with Gasteiger partial charge in [0.2, 0.25) is 5.91 Å². The minimum Gasteiger partial charge on any atom is -0.365 e. The second-order valence-electron chi connectivity index (χ2n) is 8.03. The van der Waals surface area contributed by atoms with Crippen molar-refractivity contribution < 1.29 is 9.59 Å². The molecule has 0 radical (unpaired) electrons. The number of amides is 2. The van der Waals surface area contributed by atoms with Gasteiger partial charge in [0.15, 0.2) is 0 Å². The highest BCUT2D eigenvalue weighted by atomic mass is 32.2. The number of fused-ring (bicyclic) bond motifs is 1. The van der Waals surface area contributed by atoms with Crippen molar-refractivity contribution in [1.29, 1.82) is 0 Å². The summed E-state index contributed by atoms with van der Waals surface area (Å²) in [6.45, 7) is 6.78. The predicted octanol–water partition coefficient (Wildman–Crippen LogP) is 4.73. The van der Waals surface area contributed by atoms with Crippen molar-refractivity contribution >= 4 is 39.9 Å². The Kier molecular flexibility index (Phi) is 5.96. The number of nitrogens with one attached hydrogen (secondary N) is 1. The maximum absolute atomic E-state index is 12.4. The lowest BCUT2D eigenvalue weighted by Gasteiger charge is -2.33. The monoisotopic (exact) mass is 402 g/mol. The van der Waals surface area contributed by atoms with E-state index < -0.39 is 5.91 Å². The van der Waals surface area contributed by atoms with Gasteiger partial charge in [0.05, 0.1) is 11.3 Å². The Balaban J connectivity index is 1.75. The van der Waals surface area contributed by atoms with Crippen LogP contribution in [0.1, 0.15) is 48.0 Å². The number of thioether (sulfide) groups is 1. The lowest BCUT2D eigenvalue weighted by molar-refractivity contribution is -0.113. The smallest absolute Gasteiger partial charge is 0.251 e. The van der Waals surface area contributed by atoms with Gasteiger partial charge in [-0.2, -0.15) is 0 Å². The van der Waals surface area contributed by atoms with Gasteiger partial charge in [0.25, 0.3) is 5.91 Å². The molecule has 2 amide bonds. The average molecular weight is 403 g/mol. The van der Waals surface area contributed by atoms with E-state index in [0.29, 0.717) is 22.2 Å². The molecule has 0 bridgehead atoms. The molecule has 0 saturated heterocycles. The Labute approximate surface area is 168 Å². The number of thiophene rings is 1. The van der Waals surface area contributed by atoms with Crippen molar-refractivity contribution in [2.75, 3.05) is 11.1 Å². The van der Waals surface area contributed by atoms with Gasteiger partial charge >= 0.3 is 0 Å². The van der Waals surface area contributed by atoms with Crippen molar-refractivity contribution in [2.45, 2.75) is 44.9 Å². The topological polar surface area (TPSA) is 72.2 Å². The summed E-state index contributed by atoms with van der Waals surface area (Å²) in [6.07, 6.45) is 2.84. The van der Waals surface area contributed by atoms with Crippen LogP contribution in [0.15, 0.2) is 35.2 Å². The van der Waals surface area contributed by atoms with E-state index in [-0.39, 0.29) is 11.3 Å². The predicted molar refractivity (Wildman–Crippen MR) is 114 cm³/mol. The largest absolute Gasteiger partial charge is 0.365 e. The van der Waals surface area contributed by atoms with Gasteiger partial charge in [-0.05, 0) is 48.3 Å². The second kappa shape index (κ2) is 8.07.